The van der Waals surface area contributed by atoms with Crippen LogP contribution >= 0.6 is 11.8 Å². The quantitative estimate of drug-likeness (QED) is 0.500. The van der Waals surface area contributed by atoms with Gasteiger partial charge in [0, 0.05) is 0 Å². The Balaban J connectivity index is 2.17. The summed E-state index contributed by atoms with van der Waals surface area (Å²) in [7, 11) is 1.54. The molecule has 0 bridgehead atoms. The molecular weight excluding hydrogens is 398 g/mol. The second-order valence-corrected chi connectivity index (χ2v) is 7.74. The number of nitrogens with one attached hydrogen (secondary N) is 1. The molecule has 0 atom stereocenters. The van der Waals surface area contributed by atoms with E-state index in [0.29, 0.717) is 50.4 Å². The van der Waals surface area contributed by atoms with Crippen molar-refractivity contribution in [3.63, 3.8) is 0 Å². The summed E-state index contributed by atoms with van der Waals surface area (Å²) in [4.78, 5) is 17.9. The van der Waals surface area contributed by atoms with Gasteiger partial charge in [0.25, 0.3) is 5.91 Å². The average molecular weight is 422 g/mol. The third-order valence-electron chi connectivity index (χ3n) is 4.47. The number of para-hydroxylation sites is 2. The van der Waals surface area contributed by atoms with Gasteiger partial charge in [-0.1, -0.05) is 19.1 Å². The van der Waals surface area contributed by atoms with E-state index in [1.807, 2.05) is 25.1 Å². The highest BCUT2D eigenvalue weighted by Crippen LogP contribution is 2.36. The van der Waals surface area contributed by atoms with Crippen LogP contribution in [0.5, 0.6) is 5.75 Å². The minimum absolute atomic E-state index is 0.313. The first-order valence-electron chi connectivity index (χ1n) is 9.58. The smallest absolute Gasteiger partial charge is 0.258 e. The molecule has 2 aromatic heterocycles. The number of carbonyl (C=O) groups excluding carboxylic acids is 1. The molecule has 1 amide bonds. The van der Waals surface area contributed by atoms with Gasteiger partial charge in [-0.15, -0.1) is 11.8 Å². The summed E-state index contributed by atoms with van der Waals surface area (Å²) >= 11 is 1.50. The van der Waals surface area contributed by atoms with E-state index in [0.717, 1.165) is 12.2 Å². The van der Waals surface area contributed by atoms with Gasteiger partial charge in [-0.2, -0.15) is 5.26 Å². The number of furan rings is 1. The van der Waals surface area contributed by atoms with Crippen LogP contribution in [0.1, 0.15) is 40.7 Å². The van der Waals surface area contributed by atoms with Gasteiger partial charge in [0.05, 0.1) is 35.2 Å². The molecule has 3 rings (SSSR count). The van der Waals surface area contributed by atoms with Crippen LogP contribution in [0.4, 0.5) is 5.69 Å². The second-order valence-electron chi connectivity index (χ2n) is 6.65. The highest BCUT2D eigenvalue weighted by molar-refractivity contribution is 7.99. The van der Waals surface area contributed by atoms with E-state index in [9.17, 15) is 10.1 Å². The van der Waals surface area contributed by atoms with E-state index in [-0.39, 0.29) is 5.91 Å². The van der Waals surface area contributed by atoms with Crippen molar-refractivity contribution in [1.82, 2.24) is 4.98 Å². The molecule has 0 spiro atoms. The summed E-state index contributed by atoms with van der Waals surface area (Å²) in [6.07, 6.45) is 0.946. The molecule has 0 saturated heterocycles. The van der Waals surface area contributed by atoms with Crippen molar-refractivity contribution in [3.8, 4) is 23.1 Å². The number of ether oxygens (including phenoxy) is 1. The Kier molecular flexibility index (Phi) is 6.80. The molecule has 154 valence electrons. The molecule has 2 heterocycles. The highest BCUT2D eigenvalue weighted by atomic mass is 32.2. The van der Waals surface area contributed by atoms with Crippen molar-refractivity contribution in [2.75, 3.05) is 18.2 Å². The third kappa shape index (κ3) is 4.34. The summed E-state index contributed by atoms with van der Waals surface area (Å²) in [5.41, 5.74) is 2.19. The minimum Gasteiger partial charge on any atom is -0.495 e. The fourth-order valence-corrected chi connectivity index (χ4v) is 4.00. The predicted octanol–water partition coefficient (Wildman–Crippen LogP) is 5.59. The van der Waals surface area contributed by atoms with Gasteiger partial charge in [0.2, 0.25) is 0 Å². The number of nitrogens with zero attached hydrogens (tertiary/aromatic N) is 2. The zero-order chi connectivity index (χ0) is 21.7. The number of methoxy groups -OCH3 is 1. The Morgan fingerprint density at radius 2 is 2.03 bits per heavy atom. The first-order valence-corrected chi connectivity index (χ1v) is 10.6. The van der Waals surface area contributed by atoms with Gasteiger partial charge in [-0.05, 0) is 50.3 Å². The van der Waals surface area contributed by atoms with Gasteiger partial charge in [-0.3, -0.25) is 4.79 Å². The van der Waals surface area contributed by atoms with E-state index in [1.54, 1.807) is 32.2 Å². The molecule has 30 heavy (non-hydrogen) atoms. The molecule has 0 fully saturated rings. The molecule has 0 radical (unpaired) electrons. The molecule has 0 aliphatic carbocycles. The average Bonchev–Trinajstić information content (AvgIpc) is 3.17. The number of rotatable bonds is 7. The number of nitriles is 1. The summed E-state index contributed by atoms with van der Waals surface area (Å²) in [6, 6.07) is 13.0. The van der Waals surface area contributed by atoms with Gasteiger partial charge in [0.15, 0.2) is 0 Å². The Morgan fingerprint density at radius 1 is 1.27 bits per heavy atom. The van der Waals surface area contributed by atoms with Crippen LogP contribution in [-0.2, 0) is 0 Å². The number of benzene rings is 1. The van der Waals surface area contributed by atoms with Gasteiger partial charge < -0.3 is 14.5 Å². The summed E-state index contributed by atoms with van der Waals surface area (Å²) in [5.74, 6) is 2.16. The number of amides is 1. The van der Waals surface area contributed by atoms with Crippen LogP contribution in [0.2, 0.25) is 0 Å². The zero-order valence-corrected chi connectivity index (χ0v) is 18.2. The summed E-state index contributed by atoms with van der Waals surface area (Å²) < 4.78 is 11.2. The zero-order valence-electron chi connectivity index (χ0n) is 17.4. The number of anilines is 1. The lowest BCUT2D eigenvalue weighted by Crippen LogP contribution is -2.17. The molecule has 1 aromatic carbocycles. The SMILES string of the molecule is CCCSc1nc(C)c(C(=O)Nc2ccccc2OC)c(-c2ccc(C)o2)c1C#N. The van der Waals surface area contributed by atoms with Crippen LogP contribution in [0, 0.1) is 25.2 Å². The van der Waals surface area contributed by atoms with Crippen molar-refractivity contribution in [1.29, 1.82) is 5.26 Å². The van der Waals surface area contributed by atoms with E-state index >= 15 is 0 Å². The minimum atomic E-state index is -0.378. The fourth-order valence-electron chi connectivity index (χ4n) is 3.11. The van der Waals surface area contributed by atoms with Gasteiger partial charge in [0.1, 0.15) is 28.4 Å². The summed E-state index contributed by atoms with van der Waals surface area (Å²) in [6.45, 7) is 5.66. The predicted molar refractivity (Wildman–Crippen MR) is 118 cm³/mol. The third-order valence-corrected chi connectivity index (χ3v) is 5.65. The van der Waals surface area contributed by atoms with E-state index in [4.69, 9.17) is 9.15 Å². The maximum atomic E-state index is 13.3. The van der Waals surface area contributed by atoms with Crippen LogP contribution < -0.4 is 10.1 Å². The number of hydrogen-bond acceptors (Lipinski definition) is 6. The molecule has 7 heteroatoms. The van der Waals surface area contributed by atoms with Crippen molar-refractivity contribution in [3.05, 3.63) is 59.0 Å². The number of aromatic nitrogens is 1. The van der Waals surface area contributed by atoms with Crippen molar-refractivity contribution in [2.24, 2.45) is 0 Å². The molecule has 0 aliphatic heterocycles. The number of thioether (sulfide) groups is 1. The first-order chi connectivity index (χ1) is 14.5. The van der Waals surface area contributed by atoms with E-state index in [1.165, 1.54) is 11.8 Å². The Morgan fingerprint density at radius 3 is 2.67 bits per heavy atom. The molecule has 0 aliphatic rings. The largest absolute Gasteiger partial charge is 0.495 e. The van der Waals surface area contributed by atoms with Crippen molar-refractivity contribution in [2.45, 2.75) is 32.2 Å². The lowest BCUT2D eigenvalue weighted by atomic mass is 9.99. The maximum Gasteiger partial charge on any atom is 0.258 e. The van der Waals surface area contributed by atoms with Crippen LogP contribution in [0.3, 0.4) is 0 Å². The molecule has 0 unspecified atom stereocenters. The number of hydrogen-bond donors (Lipinski definition) is 1. The normalized spacial score (nSPS) is 10.5. The van der Waals surface area contributed by atoms with Crippen LogP contribution in [-0.4, -0.2) is 23.8 Å². The van der Waals surface area contributed by atoms with E-state index < -0.39 is 0 Å². The monoisotopic (exact) mass is 421 g/mol. The molecule has 6 nitrogen and oxygen atoms in total. The van der Waals surface area contributed by atoms with Crippen molar-refractivity contribution < 1.29 is 13.9 Å². The highest BCUT2D eigenvalue weighted by Gasteiger charge is 2.26. The van der Waals surface area contributed by atoms with Gasteiger partial charge >= 0.3 is 0 Å². The Bertz CT molecular complexity index is 1120. The number of aryl methyl sites for hydroxylation is 2. The number of pyridine rings is 1. The first kappa shape index (κ1) is 21.5. The molecular formula is C23H23N3O3S. The standard InChI is InChI=1S/C23H23N3O3S/c1-5-12-30-23-16(13-24)21(19-11-10-14(2)29-19)20(15(3)25-23)22(27)26-17-8-6-7-9-18(17)28-4/h6-11H,5,12H2,1-4H3,(H,26,27). The Labute approximate surface area is 180 Å². The van der Waals surface area contributed by atoms with Crippen LogP contribution in [0.15, 0.2) is 45.8 Å². The molecule has 1 N–H and O–H groups in total. The lowest BCUT2D eigenvalue weighted by Gasteiger charge is -2.16. The van der Waals surface area contributed by atoms with Gasteiger partial charge in [-0.25, -0.2) is 4.98 Å². The topological polar surface area (TPSA) is 88.2 Å². The Hall–Kier alpha value is -3.24. The van der Waals surface area contributed by atoms with E-state index in [2.05, 4.69) is 23.3 Å². The molecule has 0 saturated carbocycles. The van der Waals surface area contributed by atoms with Crippen molar-refractivity contribution >= 4 is 23.4 Å². The molecule has 3 aromatic rings. The van der Waals surface area contributed by atoms with Crippen LogP contribution in [0.25, 0.3) is 11.3 Å². The summed E-state index contributed by atoms with van der Waals surface area (Å²) in [5, 5.41) is 13.4. The fraction of sp³-hybridized carbons (Fsp3) is 0.261. The second kappa shape index (κ2) is 9.51. The number of carbonyl (C=O) groups is 1. The maximum absolute atomic E-state index is 13.3. The lowest BCUT2D eigenvalue weighted by molar-refractivity contribution is 0.102.